The molecular weight excluding hydrogens is 1500 g/mol. The van der Waals surface area contributed by atoms with Gasteiger partial charge < -0.3 is 51.6 Å². The SMILES string of the molecule is Brc1csc(Br)c1.CC(C)CCn1cccc1-c1cc(-c2ccc(C(=O)N3CCOCC3)cc2Cl)cs1.CC(C)CCn1cccc1-c1cc(Br)cs1.CC(C)CCn1cccc1B1OC(C)(C)C(C)(C)O1.CC1(C)OB(c2ccc(C(=O)N3CCOCC3)cc2Cl)OC1(C)C. The molecule has 0 unspecified atom stereocenters. The number of aryl methyl sites for hydroxylation is 3. The molecule has 0 atom stereocenters. The number of halogens is 5. The molecule has 518 valence electrons. The minimum absolute atomic E-state index is 0.0146. The van der Waals surface area contributed by atoms with E-state index < -0.39 is 18.3 Å². The van der Waals surface area contributed by atoms with Crippen LogP contribution in [-0.4, -0.2) is 125 Å². The van der Waals surface area contributed by atoms with Crippen molar-refractivity contribution >= 4 is 142 Å². The Hall–Kier alpha value is -3.77. The molecule has 4 fully saturated rings. The third-order valence-corrected chi connectivity index (χ3v) is 23.5. The molecular formula is C73H94B2Br3Cl2N5O8S3. The van der Waals surface area contributed by atoms with Crippen LogP contribution in [0, 0.1) is 17.8 Å². The van der Waals surface area contributed by atoms with Gasteiger partial charge in [-0.3, -0.25) is 9.59 Å². The number of aromatic nitrogens is 3. The van der Waals surface area contributed by atoms with Gasteiger partial charge in [-0.2, -0.15) is 0 Å². The molecule has 4 saturated heterocycles. The number of morpholine rings is 2. The number of hydrogen-bond donors (Lipinski definition) is 0. The minimum Gasteiger partial charge on any atom is -0.399 e. The van der Waals surface area contributed by atoms with Crippen LogP contribution in [0.3, 0.4) is 0 Å². The fourth-order valence-electron chi connectivity index (χ4n) is 10.6. The highest BCUT2D eigenvalue weighted by atomic mass is 79.9. The summed E-state index contributed by atoms with van der Waals surface area (Å²) in [6.45, 7) is 37.8. The van der Waals surface area contributed by atoms with E-state index in [4.69, 9.17) is 51.3 Å². The Morgan fingerprint density at radius 2 is 0.917 bits per heavy atom. The summed E-state index contributed by atoms with van der Waals surface area (Å²) in [4.78, 5) is 31.4. The van der Waals surface area contributed by atoms with Gasteiger partial charge in [-0.15, -0.1) is 34.0 Å². The van der Waals surface area contributed by atoms with E-state index in [1.807, 2.05) is 62.2 Å². The number of benzene rings is 2. The van der Waals surface area contributed by atoms with Crippen molar-refractivity contribution in [3.63, 3.8) is 0 Å². The second-order valence-electron chi connectivity index (χ2n) is 27.7. The molecule has 0 N–H and O–H groups in total. The van der Waals surface area contributed by atoms with Crippen molar-refractivity contribution < 1.29 is 37.7 Å². The van der Waals surface area contributed by atoms with Gasteiger partial charge >= 0.3 is 14.2 Å². The average Bonchev–Trinajstić information content (AvgIpc) is 1.63. The van der Waals surface area contributed by atoms with Crippen molar-refractivity contribution in [2.24, 2.45) is 17.8 Å². The maximum atomic E-state index is 12.7. The first kappa shape index (κ1) is 78.0. The van der Waals surface area contributed by atoms with Crippen molar-refractivity contribution in [2.45, 2.75) is 158 Å². The molecule has 0 aliphatic carbocycles. The highest BCUT2D eigenvalue weighted by Crippen LogP contribution is 2.40. The zero-order chi connectivity index (χ0) is 69.7. The van der Waals surface area contributed by atoms with E-state index in [-0.39, 0.29) is 30.1 Å². The van der Waals surface area contributed by atoms with E-state index in [0.717, 1.165) is 58.6 Å². The summed E-state index contributed by atoms with van der Waals surface area (Å²) < 4.78 is 45.3. The van der Waals surface area contributed by atoms with Gasteiger partial charge in [-0.1, -0.05) is 76.9 Å². The Kier molecular flexibility index (Phi) is 28.6. The van der Waals surface area contributed by atoms with Gasteiger partial charge in [-0.25, -0.2) is 0 Å². The number of amides is 2. The van der Waals surface area contributed by atoms with E-state index in [1.54, 1.807) is 57.1 Å². The second-order valence-corrected chi connectivity index (χ2v) is 34.4. The van der Waals surface area contributed by atoms with E-state index in [9.17, 15) is 9.59 Å². The van der Waals surface area contributed by atoms with Crippen LogP contribution in [-0.2, 0) is 47.7 Å². The van der Waals surface area contributed by atoms with Crippen LogP contribution in [0.1, 0.15) is 137 Å². The smallest absolute Gasteiger partial charge is 0.399 e. The number of carbonyl (C=O) groups excluding carboxylic acids is 2. The minimum atomic E-state index is -0.532. The number of nitrogens with zero attached hydrogens (tertiary/aromatic N) is 5. The van der Waals surface area contributed by atoms with Crippen molar-refractivity contribution in [1.82, 2.24) is 23.5 Å². The number of carbonyl (C=O) groups is 2. The van der Waals surface area contributed by atoms with Gasteiger partial charge in [0.25, 0.3) is 11.8 Å². The fraction of sp³-hybridized carbons (Fsp3) is 0.479. The van der Waals surface area contributed by atoms with Gasteiger partial charge in [0.2, 0.25) is 0 Å². The second kappa shape index (κ2) is 35.2. The molecule has 0 radical (unpaired) electrons. The maximum absolute atomic E-state index is 12.7. The highest BCUT2D eigenvalue weighted by molar-refractivity contribution is 9.11. The quantitative estimate of drug-likeness (QED) is 0.0880. The Bertz CT molecular complexity index is 3740. The first-order valence-electron chi connectivity index (χ1n) is 33.1. The van der Waals surface area contributed by atoms with Crippen molar-refractivity contribution in [3.05, 3.63) is 160 Å². The molecule has 10 heterocycles. The van der Waals surface area contributed by atoms with Gasteiger partial charge in [0.05, 0.1) is 73.8 Å². The zero-order valence-corrected chi connectivity index (χ0v) is 66.7. The van der Waals surface area contributed by atoms with E-state index in [0.29, 0.717) is 85.6 Å². The van der Waals surface area contributed by atoms with Crippen LogP contribution < -0.4 is 11.1 Å². The van der Waals surface area contributed by atoms with Gasteiger partial charge in [-0.05, 0) is 230 Å². The van der Waals surface area contributed by atoms with Crippen LogP contribution in [0.4, 0.5) is 0 Å². The average molecular weight is 1600 g/mol. The molecule has 2 aromatic carbocycles. The lowest BCUT2D eigenvalue weighted by Gasteiger charge is -2.32. The van der Waals surface area contributed by atoms with Crippen LogP contribution in [0.2, 0.25) is 10.0 Å². The van der Waals surface area contributed by atoms with Crippen LogP contribution in [0.25, 0.3) is 32.3 Å². The zero-order valence-electron chi connectivity index (χ0n) is 58.0. The van der Waals surface area contributed by atoms with Gasteiger partial charge in [0.15, 0.2) is 0 Å². The third kappa shape index (κ3) is 21.2. The van der Waals surface area contributed by atoms with Gasteiger partial charge in [0.1, 0.15) is 0 Å². The number of thiophene rings is 3. The summed E-state index contributed by atoms with van der Waals surface area (Å²) in [7, 11) is -0.790. The number of ether oxygens (including phenoxy) is 2. The Morgan fingerprint density at radius 1 is 0.500 bits per heavy atom. The Labute approximate surface area is 618 Å². The van der Waals surface area contributed by atoms with Crippen molar-refractivity contribution in [2.75, 3.05) is 52.6 Å². The molecule has 4 aliphatic rings. The topological polar surface area (TPSA) is 111 Å². The van der Waals surface area contributed by atoms with Crippen LogP contribution in [0.5, 0.6) is 0 Å². The fourth-order valence-corrected chi connectivity index (χ4v) is 15.6. The summed E-state index contributed by atoms with van der Waals surface area (Å²) in [6, 6.07) is 30.1. The number of rotatable bonds is 16. The molecule has 0 spiro atoms. The first-order chi connectivity index (χ1) is 45.4. The Morgan fingerprint density at radius 3 is 1.34 bits per heavy atom. The third-order valence-electron chi connectivity index (χ3n) is 17.9. The molecule has 0 bridgehead atoms. The predicted molar refractivity (Wildman–Crippen MR) is 412 cm³/mol. The molecule has 96 heavy (non-hydrogen) atoms. The summed E-state index contributed by atoms with van der Waals surface area (Å²) in [5, 5.41) is 7.39. The molecule has 13 nitrogen and oxygen atoms in total. The van der Waals surface area contributed by atoms with E-state index in [2.05, 4.69) is 209 Å². The molecule has 0 saturated carbocycles. The normalized spacial score (nSPS) is 17.0. The molecule has 8 aromatic rings. The van der Waals surface area contributed by atoms with Crippen LogP contribution >= 0.6 is 105 Å². The molecule has 6 aromatic heterocycles. The lowest BCUT2D eigenvalue weighted by Crippen LogP contribution is -2.41. The van der Waals surface area contributed by atoms with E-state index >= 15 is 0 Å². The summed E-state index contributed by atoms with van der Waals surface area (Å²) in [6.07, 6.45) is 9.99. The summed E-state index contributed by atoms with van der Waals surface area (Å²) in [5.41, 5.74) is 6.28. The van der Waals surface area contributed by atoms with Crippen LogP contribution in [0.15, 0.2) is 138 Å². The molecule has 2 amide bonds. The molecule has 12 rings (SSSR count). The predicted octanol–water partition coefficient (Wildman–Crippen LogP) is 19.3. The van der Waals surface area contributed by atoms with Gasteiger partial charge in [0, 0.05) is 122 Å². The standard InChI is InChI=1S/C24H27ClN2O2S.C17H23BClNO4.C15H26BNO2.C13H16BrNS.C4H2Br2S/c1-17(2)7-9-26-8-3-4-22(26)23-15-19(16-30-23)20-6-5-18(14-21(20)25)24(28)27-10-12-29-13-11-27;1-16(2)17(3,4)24-18(23-16)13-6-5-12(11-14(13)19)15(21)20-7-9-22-10-8-20;1-12(2)9-11-17-10-7-8-13(17)16-18-14(3,4)15(5,6)19-16;1-10(2)5-7-15-6-3-4-12(15)13-8-11(14)9-16-13;5-3-1-4(6)7-2-3/h3-6,8,14-17H,7,9-13H2,1-2H3;5-6,11H,7-10H2,1-4H3;7-8,10,12H,9,11H2,1-6H3;3-4,6,8-10H,5,7H2,1-2H3;1-2H. The molecule has 23 heteroatoms. The lowest BCUT2D eigenvalue weighted by atomic mass is 9.78. The Balaban J connectivity index is 0.000000162. The largest absolute Gasteiger partial charge is 0.512 e. The first-order valence-corrected chi connectivity index (χ1v) is 38.9. The molecule has 4 aliphatic heterocycles. The van der Waals surface area contributed by atoms with Crippen molar-refractivity contribution in [3.8, 4) is 32.3 Å². The summed E-state index contributed by atoms with van der Waals surface area (Å²) >= 11 is 28.3. The highest BCUT2D eigenvalue weighted by Gasteiger charge is 2.53. The van der Waals surface area contributed by atoms with E-state index in [1.165, 1.54) is 42.2 Å². The lowest BCUT2D eigenvalue weighted by molar-refractivity contribution is 0.00578. The number of hydrogen-bond acceptors (Lipinski definition) is 11. The monoisotopic (exact) mass is 1590 g/mol. The maximum Gasteiger partial charge on any atom is 0.512 e. The summed E-state index contributed by atoms with van der Waals surface area (Å²) in [5.74, 6) is 2.12. The van der Waals surface area contributed by atoms with Crippen molar-refractivity contribution in [1.29, 1.82) is 0 Å².